The summed E-state index contributed by atoms with van der Waals surface area (Å²) in [6.07, 6.45) is 25.8. The molecule has 0 N–H and O–H groups in total. The molecule has 0 aromatic heterocycles. The Morgan fingerprint density at radius 1 is 0.545 bits per heavy atom. The van der Waals surface area contributed by atoms with Crippen LogP contribution in [0.3, 0.4) is 0 Å². The maximum absolute atomic E-state index is 12.9. The largest absolute Gasteiger partial charge is 0.289 e. The highest BCUT2D eigenvalue weighted by atomic mass is 16.3. The van der Waals surface area contributed by atoms with Crippen LogP contribution in [0.15, 0.2) is 12.1 Å². The molecule has 1 aromatic rings. The molecule has 2 unspecified atom stereocenters. The Labute approximate surface area is 208 Å². The van der Waals surface area contributed by atoms with Crippen LogP contribution in [0.2, 0.25) is 0 Å². The van der Waals surface area contributed by atoms with Crippen molar-refractivity contribution >= 4 is 0 Å². The summed E-state index contributed by atoms with van der Waals surface area (Å²) in [4.78, 5) is 0. The molecule has 0 saturated carbocycles. The fourth-order valence-electron chi connectivity index (χ4n) is 4.93. The van der Waals surface area contributed by atoms with Crippen LogP contribution >= 0.6 is 0 Å². The molecule has 33 heavy (non-hydrogen) atoms. The summed E-state index contributed by atoms with van der Waals surface area (Å²) in [7, 11) is 0. The van der Waals surface area contributed by atoms with Gasteiger partial charge in [-0.15, -0.1) is 0 Å². The van der Waals surface area contributed by atoms with Crippen molar-refractivity contribution in [3.05, 3.63) is 28.8 Å². The van der Waals surface area contributed by atoms with E-state index in [1.165, 1.54) is 108 Å². The minimum atomic E-state index is 0.314. The van der Waals surface area contributed by atoms with E-state index >= 15 is 0 Å². The first kappa shape index (κ1) is 30.1. The van der Waals surface area contributed by atoms with Crippen LogP contribution in [0.5, 0.6) is 5.75 Å². The molecule has 1 radical (unpaired) electrons. The molecular weight excluding hydrogens is 400 g/mol. The molecule has 0 heterocycles. The number of benzene rings is 1. The molecule has 0 aliphatic rings. The van der Waals surface area contributed by atoms with Crippen molar-refractivity contribution in [3.63, 3.8) is 0 Å². The lowest BCUT2D eigenvalue weighted by Gasteiger charge is -2.18. The standard InChI is InChI=1S/C32H57O/c1-6-9-10-11-12-13-14-15-16-17-18-19-20-21-22-23-24-29-25-30(27(4)7-2)32(33)31(26-29)28(5)8-3/h25-28H,6-24H2,1-5H3. The number of unbranched alkanes of at least 4 members (excludes halogenated alkanes) is 15. The van der Waals surface area contributed by atoms with Crippen LogP contribution in [0.4, 0.5) is 0 Å². The first-order chi connectivity index (χ1) is 16.0. The van der Waals surface area contributed by atoms with E-state index < -0.39 is 0 Å². The molecule has 1 heteroatoms. The minimum absolute atomic E-state index is 0.314. The second-order valence-corrected chi connectivity index (χ2v) is 10.8. The van der Waals surface area contributed by atoms with Gasteiger partial charge in [-0.2, -0.15) is 0 Å². The van der Waals surface area contributed by atoms with E-state index in [9.17, 15) is 5.11 Å². The Morgan fingerprint density at radius 2 is 0.879 bits per heavy atom. The monoisotopic (exact) mass is 457 g/mol. The lowest BCUT2D eigenvalue weighted by Crippen LogP contribution is -2.01. The Balaban J connectivity index is 2.16. The average Bonchev–Trinajstić information content (AvgIpc) is 2.83. The second kappa shape index (κ2) is 19.3. The van der Waals surface area contributed by atoms with Gasteiger partial charge in [-0.05, 0) is 43.1 Å². The highest BCUT2D eigenvalue weighted by Gasteiger charge is 2.19. The fraction of sp³-hybridized carbons (Fsp3) is 0.812. The van der Waals surface area contributed by atoms with E-state index in [0.29, 0.717) is 17.6 Å². The smallest absolute Gasteiger partial charge is 0.185 e. The topological polar surface area (TPSA) is 19.9 Å². The van der Waals surface area contributed by atoms with E-state index in [-0.39, 0.29) is 0 Å². The van der Waals surface area contributed by atoms with E-state index in [2.05, 4.69) is 46.8 Å². The third-order valence-corrected chi connectivity index (χ3v) is 7.81. The number of rotatable bonds is 21. The van der Waals surface area contributed by atoms with Gasteiger partial charge in [0.05, 0.1) is 0 Å². The van der Waals surface area contributed by atoms with Gasteiger partial charge < -0.3 is 0 Å². The Morgan fingerprint density at radius 3 is 1.21 bits per heavy atom. The summed E-state index contributed by atoms with van der Waals surface area (Å²) in [5.41, 5.74) is 3.51. The normalized spacial score (nSPS) is 13.4. The maximum Gasteiger partial charge on any atom is 0.185 e. The molecule has 0 aliphatic carbocycles. The van der Waals surface area contributed by atoms with Crippen LogP contribution in [0.25, 0.3) is 0 Å². The van der Waals surface area contributed by atoms with Crippen LogP contribution in [-0.2, 0) is 11.5 Å². The maximum atomic E-state index is 12.9. The molecule has 0 fully saturated rings. The van der Waals surface area contributed by atoms with Crippen molar-refractivity contribution in [1.82, 2.24) is 0 Å². The predicted molar refractivity (Wildman–Crippen MR) is 147 cm³/mol. The molecule has 0 amide bonds. The van der Waals surface area contributed by atoms with Gasteiger partial charge in [-0.1, -0.05) is 143 Å². The lowest BCUT2D eigenvalue weighted by atomic mass is 9.87. The average molecular weight is 458 g/mol. The zero-order chi connectivity index (χ0) is 24.3. The number of hydrogen-bond acceptors (Lipinski definition) is 0. The van der Waals surface area contributed by atoms with Crippen molar-refractivity contribution in [2.45, 2.75) is 168 Å². The number of hydrogen-bond donors (Lipinski definition) is 0. The zero-order valence-corrected chi connectivity index (χ0v) is 23.2. The Hall–Kier alpha value is -0.980. The zero-order valence-electron chi connectivity index (χ0n) is 23.2. The summed E-state index contributed by atoms with van der Waals surface area (Å²) in [6, 6.07) is 4.46. The molecule has 1 aromatic carbocycles. The van der Waals surface area contributed by atoms with Crippen molar-refractivity contribution in [1.29, 1.82) is 0 Å². The molecular formula is C32H57O. The Bertz CT molecular complexity index is 559. The molecule has 0 bridgehead atoms. The van der Waals surface area contributed by atoms with Gasteiger partial charge in [-0.3, -0.25) is 5.11 Å². The summed E-state index contributed by atoms with van der Waals surface area (Å²) in [5.74, 6) is 1.05. The third kappa shape index (κ3) is 12.9. The molecule has 2 atom stereocenters. The molecule has 1 nitrogen and oxygen atoms in total. The summed E-state index contributed by atoms with van der Waals surface area (Å²) in [6.45, 7) is 11.1. The van der Waals surface area contributed by atoms with Crippen molar-refractivity contribution in [2.24, 2.45) is 0 Å². The summed E-state index contributed by atoms with van der Waals surface area (Å²) < 4.78 is 0. The number of aryl methyl sites for hydroxylation is 1. The van der Waals surface area contributed by atoms with Crippen LogP contribution in [-0.4, -0.2) is 0 Å². The van der Waals surface area contributed by atoms with E-state index in [1.807, 2.05) is 0 Å². The predicted octanol–water partition coefficient (Wildman–Crippen LogP) is 11.7. The highest BCUT2D eigenvalue weighted by Crippen LogP contribution is 2.38. The minimum Gasteiger partial charge on any atom is -0.289 e. The van der Waals surface area contributed by atoms with Gasteiger partial charge in [0, 0.05) is 11.1 Å². The molecule has 0 spiro atoms. The van der Waals surface area contributed by atoms with E-state index in [1.54, 1.807) is 0 Å². The fourth-order valence-corrected chi connectivity index (χ4v) is 4.93. The van der Waals surface area contributed by atoms with Gasteiger partial charge >= 0.3 is 0 Å². The highest BCUT2D eigenvalue weighted by molar-refractivity contribution is 5.47. The molecule has 0 aliphatic heterocycles. The molecule has 1 rings (SSSR count). The second-order valence-electron chi connectivity index (χ2n) is 10.8. The van der Waals surface area contributed by atoms with Crippen LogP contribution < -0.4 is 0 Å². The van der Waals surface area contributed by atoms with E-state index in [0.717, 1.165) is 30.4 Å². The van der Waals surface area contributed by atoms with Crippen molar-refractivity contribution in [2.75, 3.05) is 0 Å². The van der Waals surface area contributed by atoms with Gasteiger partial charge in [0.1, 0.15) is 0 Å². The van der Waals surface area contributed by atoms with E-state index in [4.69, 9.17) is 0 Å². The SMILES string of the molecule is CCCCCCCCCCCCCCCCCCc1cc(C(C)CC)c([O])c(C(C)CC)c1. The van der Waals surface area contributed by atoms with Crippen molar-refractivity contribution < 1.29 is 5.11 Å². The van der Waals surface area contributed by atoms with Crippen LogP contribution in [0, 0.1) is 0 Å². The summed E-state index contributed by atoms with van der Waals surface area (Å²) in [5, 5.41) is 12.9. The van der Waals surface area contributed by atoms with Crippen LogP contribution in [0.1, 0.15) is 179 Å². The summed E-state index contributed by atoms with van der Waals surface area (Å²) >= 11 is 0. The van der Waals surface area contributed by atoms with Gasteiger partial charge in [0.25, 0.3) is 0 Å². The van der Waals surface area contributed by atoms with Gasteiger partial charge in [-0.25, -0.2) is 0 Å². The van der Waals surface area contributed by atoms with Gasteiger partial charge in [0.15, 0.2) is 5.75 Å². The lowest BCUT2D eigenvalue weighted by molar-refractivity contribution is 0.338. The first-order valence-corrected chi connectivity index (χ1v) is 14.9. The van der Waals surface area contributed by atoms with Gasteiger partial charge in [0.2, 0.25) is 0 Å². The van der Waals surface area contributed by atoms with Crippen molar-refractivity contribution in [3.8, 4) is 5.75 Å². The Kier molecular flexibility index (Phi) is 17.6. The first-order valence-electron chi connectivity index (χ1n) is 14.9. The quantitative estimate of drug-likeness (QED) is 0.163. The third-order valence-electron chi connectivity index (χ3n) is 7.81. The molecule has 0 saturated heterocycles. The molecule has 191 valence electrons.